The van der Waals surface area contributed by atoms with Gasteiger partial charge >= 0.3 is 0 Å². The van der Waals surface area contributed by atoms with E-state index in [1.807, 2.05) is 0 Å². The molecule has 3 aromatic rings. The Morgan fingerprint density at radius 2 is 2.05 bits per heavy atom. The molecule has 1 aromatic heterocycles. The lowest BCUT2D eigenvalue weighted by molar-refractivity contribution is 0.221. The lowest BCUT2D eigenvalue weighted by Gasteiger charge is -2.29. The highest BCUT2D eigenvalue weighted by atomic mass is 15.2. The molecule has 0 atom stereocenters. The van der Waals surface area contributed by atoms with Gasteiger partial charge in [0.25, 0.3) is 0 Å². The number of aromatic amines is 1. The molecule has 22 heavy (non-hydrogen) atoms. The van der Waals surface area contributed by atoms with Crippen molar-refractivity contribution in [2.45, 2.75) is 20.0 Å². The lowest BCUT2D eigenvalue weighted by Crippen LogP contribution is -2.34. The predicted molar refractivity (Wildman–Crippen MR) is 93.9 cm³/mol. The number of aromatic nitrogens is 1. The third-order valence-electron chi connectivity index (χ3n) is 5.06. The Balaban J connectivity index is 1.91. The van der Waals surface area contributed by atoms with E-state index in [-0.39, 0.29) is 0 Å². The van der Waals surface area contributed by atoms with E-state index in [1.54, 1.807) is 0 Å². The van der Waals surface area contributed by atoms with Crippen LogP contribution in [0.4, 0.5) is 0 Å². The fourth-order valence-electron chi connectivity index (χ4n) is 3.78. The van der Waals surface area contributed by atoms with Crippen LogP contribution in [0.1, 0.15) is 16.8 Å². The number of nitrogens with one attached hydrogen (secondary N) is 1. The molecule has 2 heterocycles. The minimum absolute atomic E-state index is 1.01. The topological polar surface area (TPSA) is 22.3 Å². The molecule has 0 unspecified atom stereocenters. The summed E-state index contributed by atoms with van der Waals surface area (Å²) in [7, 11) is 4.27. The van der Waals surface area contributed by atoms with E-state index in [0.717, 1.165) is 26.2 Å². The number of H-pyrrole nitrogens is 1. The number of benzene rings is 2. The van der Waals surface area contributed by atoms with Gasteiger partial charge in [-0.25, -0.2) is 0 Å². The van der Waals surface area contributed by atoms with Gasteiger partial charge in [-0.1, -0.05) is 18.7 Å². The summed E-state index contributed by atoms with van der Waals surface area (Å²) in [6.45, 7) is 10.8. The van der Waals surface area contributed by atoms with E-state index < -0.39 is 0 Å². The molecule has 0 saturated carbocycles. The molecule has 2 aromatic carbocycles. The van der Waals surface area contributed by atoms with E-state index >= 15 is 0 Å². The van der Waals surface area contributed by atoms with Crippen LogP contribution >= 0.6 is 0 Å². The molecular formula is C19H23N3. The average Bonchev–Trinajstić information content (AvgIpc) is 2.87. The molecule has 3 heteroatoms. The van der Waals surface area contributed by atoms with Gasteiger partial charge in [0.1, 0.15) is 0 Å². The second-order valence-corrected chi connectivity index (χ2v) is 6.80. The predicted octanol–water partition coefficient (Wildman–Crippen LogP) is 2.64. The summed E-state index contributed by atoms with van der Waals surface area (Å²) in [5.41, 5.74) is 5.45. The van der Waals surface area contributed by atoms with Gasteiger partial charge in [0.15, 0.2) is 0 Å². The molecule has 0 radical (unpaired) electrons. The SMILES string of the molecule is C=c1c(C)c2c3c([nH]c4cccc1c43)CN(CCN(C)C)C2. The fourth-order valence-corrected chi connectivity index (χ4v) is 3.78. The lowest BCUT2D eigenvalue weighted by atomic mass is 9.92. The molecule has 0 bridgehead atoms. The zero-order chi connectivity index (χ0) is 15.4. The zero-order valence-corrected chi connectivity index (χ0v) is 13.7. The van der Waals surface area contributed by atoms with E-state index in [4.69, 9.17) is 0 Å². The maximum atomic E-state index is 4.35. The summed E-state index contributed by atoms with van der Waals surface area (Å²) in [4.78, 5) is 8.44. The average molecular weight is 293 g/mol. The second-order valence-electron chi connectivity index (χ2n) is 6.80. The van der Waals surface area contributed by atoms with Crippen LogP contribution in [0.3, 0.4) is 0 Å². The Bertz CT molecular complexity index is 904. The Kier molecular flexibility index (Phi) is 3.03. The zero-order valence-electron chi connectivity index (χ0n) is 13.7. The van der Waals surface area contributed by atoms with Gasteiger partial charge in [-0.05, 0) is 48.8 Å². The van der Waals surface area contributed by atoms with E-state index in [1.165, 1.54) is 43.7 Å². The quantitative estimate of drug-likeness (QED) is 0.802. The van der Waals surface area contributed by atoms with E-state index in [2.05, 4.69) is 60.6 Å². The van der Waals surface area contributed by atoms with Gasteiger partial charge in [-0.15, -0.1) is 0 Å². The first-order chi connectivity index (χ1) is 10.6. The van der Waals surface area contributed by atoms with Crippen LogP contribution in [-0.4, -0.2) is 42.0 Å². The van der Waals surface area contributed by atoms with Gasteiger partial charge in [0.05, 0.1) is 0 Å². The summed E-state index contributed by atoms with van der Waals surface area (Å²) in [5, 5.41) is 5.33. The normalized spacial score (nSPS) is 15.5. The number of likely N-dealkylation sites (N-methyl/N-ethyl adjacent to an activating group) is 1. The summed E-state index contributed by atoms with van der Waals surface area (Å²) in [5.74, 6) is 0. The number of rotatable bonds is 3. The molecule has 3 nitrogen and oxygen atoms in total. The van der Waals surface area contributed by atoms with Gasteiger partial charge in [-0.3, -0.25) is 4.90 Å². The Labute approximate surface area is 131 Å². The smallest absolute Gasteiger partial charge is 0.0469 e. The maximum absolute atomic E-state index is 4.35. The molecule has 4 rings (SSSR count). The third-order valence-corrected chi connectivity index (χ3v) is 5.06. The first-order valence-electron chi connectivity index (χ1n) is 7.96. The van der Waals surface area contributed by atoms with Crippen LogP contribution in [0.2, 0.25) is 0 Å². The highest BCUT2D eigenvalue weighted by Crippen LogP contribution is 2.36. The van der Waals surface area contributed by atoms with E-state index in [0.29, 0.717) is 0 Å². The first kappa shape index (κ1) is 13.8. The van der Waals surface area contributed by atoms with Crippen molar-refractivity contribution in [1.29, 1.82) is 0 Å². The third kappa shape index (κ3) is 1.89. The standard InChI is InChI=1S/C19H23N3/c1-12-13(2)15-10-22(9-8-21(3)4)11-17-19(15)18-14(12)6-5-7-16(18)20-17/h5-7,20H,1,8-11H2,2-4H3. The van der Waals surface area contributed by atoms with Crippen molar-refractivity contribution < 1.29 is 0 Å². The van der Waals surface area contributed by atoms with Crippen LogP contribution in [-0.2, 0) is 13.1 Å². The summed E-state index contributed by atoms with van der Waals surface area (Å²) >= 11 is 0. The van der Waals surface area contributed by atoms with Crippen molar-refractivity contribution in [1.82, 2.24) is 14.8 Å². The Morgan fingerprint density at radius 3 is 2.82 bits per heavy atom. The van der Waals surface area contributed by atoms with Gasteiger partial charge in [-0.2, -0.15) is 0 Å². The minimum atomic E-state index is 1.01. The molecule has 1 aliphatic heterocycles. The Morgan fingerprint density at radius 1 is 1.23 bits per heavy atom. The van der Waals surface area contributed by atoms with Crippen molar-refractivity contribution >= 4 is 28.3 Å². The molecule has 1 N–H and O–H groups in total. The number of hydrogen-bond acceptors (Lipinski definition) is 2. The number of hydrogen-bond donors (Lipinski definition) is 1. The van der Waals surface area contributed by atoms with Crippen LogP contribution in [0, 0.1) is 6.92 Å². The molecule has 114 valence electrons. The van der Waals surface area contributed by atoms with Crippen molar-refractivity contribution in [2.24, 2.45) is 0 Å². The summed E-state index contributed by atoms with van der Waals surface area (Å²) in [6, 6.07) is 6.53. The molecule has 0 fully saturated rings. The van der Waals surface area contributed by atoms with Crippen LogP contribution in [0.25, 0.3) is 28.3 Å². The molecular weight excluding hydrogens is 270 g/mol. The fraction of sp³-hybridized carbons (Fsp3) is 0.368. The van der Waals surface area contributed by atoms with Gasteiger partial charge in [0, 0.05) is 48.2 Å². The van der Waals surface area contributed by atoms with Crippen molar-refractivity contribution in [3.05, 3.63) is 40.2 Å². The summed E-state index contributed by atoms with van der Waals surface area (Å²) < 4.78 is 0. The van der Waals surface area contributed by atoms with Gasteiger partial charge < -0.3 is 9.88 Å². The largest absolute Gasteiger partial charge is 0.357 e. The number of nitrogens with zero attached hydrogens (tertiary/aromatic N) is 2. The second kappa shape index (κ2) is 4.83. The Hall–Kier alpha value is -1.84. The van der Waals surface area contributed by atoms with Crippen LogP contribution < -0.4 is 5.22 Å². The minimum Gasteiger partial charge on any atom is -0.357 e. The van der Waals surface area contributed by atoms with E-state index in [9.17, 15) is 0 Å². The highest BCUT2D eigenvalue weighted by molar-refractivity contribution is 6.13. The first-order valence-corrected chi connectivity index (χ1v) is 7.96. The van der Waals surface area contributed by atoms with Crippen LogP contribution in [0.5, 0.6) is 0 Å². The van der Waals surface area contributed by atoms with Crippen molar-refractivity contribution in [3.8, 4) is 0 Å². The van der Waals surface area contributed by atoms with Crippen molar-refractivity contribution in [2.75, 3.05) is 27.2 Å². The maximum Gasteiger partial charge on any atom is 0.0469 e. The molecule has 0 aliphatic carbocycles. The molecule has 1 aliphatic rings. The van der Waals surface area contributed by atoms with Crippen molar-refractivity contribution in [3.63, 3.8) is 0 Å². The molecule has 0 spiro atoms. The monoisotopic (exact) mass is 293 g/mol. The highest BCUT2D eigenvalue weighted by Gasteiger charge is 2.24. The molecule has 0 amide bonds. The summed E-state index contributed by atoms with van der Waals surface area (Å²) in [6.07, 6.45) is 0. The molecule has 0 saturated heterocycles. The van der Waals surface area contributed by atoms with Gasteiger partial charge in [0.2, 0.25) is 0 Å². The van der Waals surface area contributed by atoms with Crippen LogP contribution in [0.15, 0.2) is 18.2 Å².